The number of hydrogen-bond acceptors (Lipinski definition) is 5. The molecule has 0 saturated carbocycles. The third kappa shape index (κ3) is 4.24. The fraction of sp³-hybridized carbons (Fsp3) is 0.370. The zero-order valence-corrected chi connectivity index (χ0v) is 20.7. The van der Waals surface area contributed by atoms with Crippen LogP contribution in [0.15, 0.2) is 58.9 Å². The van der Waals surface area contributed by atoms with Crippen LogP contribution in [0.25, 0.3) is 0 Å². The van der Waals surface area contributed by atoms with E-state index in [0.717, 1.165) is 34.2 Å². The van der Waals surface area contributed by atoms with Crippen molar-refractivity contribution in [2.75, 3.05) is 5.32 Å². The molecule has 0 fully saturated rings. The molecule has 1 unspecified atom stereocenters. The van der Waals surface area contributed by atoms with Gasteiger partial charge in [0.05, 0.1) is 0 Å². The second-order valence-electron chi connectivity index (χ2n) is 10.2. The Kier molecular flexibility index (Phi) is 5.44. The quantitative estimate of drug-likeness (QED) is 0.475. The first kappa shape index (κ1) is 22.0. The number of carbonyl (C=O) groups is 1. The number of allylic oxidation sites excluding steroid dienone is 2. The molecular formula is C27H30N4OS. The fourth-order valence-corrected chi connectivity index (χ4v) is 5.76. The number of Topliss-reactive ketones (excluding diaryl/α,β-unsaturated/α-hetero) is 1. The normalized spacial score (nSPS) is 19.2. The molecule has 170 valence electrons. The molecule has 2 aromatic carbocycles. The van der Waals surface area contributed by atoms with Gasteiger partial charge in [-0.2, -0.15) is 4.98 Å². The first-order valence-electron chi connectivity index (χ1n) is 11.5. The fourth-order valence-electron chi connectivity index (χ4n) is 4.86. The molecule has 2 aliphatic rings. The molecular weight excluding hydrogens is 428 g/mol. The van der Waals surface area contributed by atoms with E-state index < -0.39 is 0 Å². The van der Waals surface area contributed by atoms with Gasteiger partial charge in [0, 0.05) is 23.4 Å². The molecule has 1 aliphatic heterocycles. The van der Waals surface area contributed by atoms with Crippen molar-refractivity contribution in [2.45, 2.75) is 64.4 Å². The number of fused-ring (bicyclic) bond motifs is 1. The molecule has 0 saturated heterocycles. The van der Waals surface area contributed by atoms with Gasteiger partial charge in [-0.05, 0) is 49.3 Å². The maximum atomic E-state index is 13.3. The number of nitrogens with one attached hydrogen (secondary N) is 1. The van der Waals surface area contributed by atoms with Gasteiger partial charge in [-0.25, -0.2) is 4.68 Å². The predicted octanol–water partition coefficient (Wildman–Crippen LogP) is 6.15. The molecule has 5 rings (SSSR count). The van der Waals surface area contributed by atoms with Crippen molar-refractivity contribution in [1.82, 2.24) is 14.8 Å². The van der Waals surface area contributed by atoms with Crippen LogP contribution in [0.1, 0.15) is 60.5 Å². The molecule has 2 heterocycles. The summed E-state index contributed by atoms with van der Waals surface area (Å²) in [4.78, 5) is 18.2. The summed E-state index contributed by atoms with van der Waals surface area (Å²) in [6.07, 6.45) is 1.38. The summed E-state index contributed by atoms with van der Waals surface area (Å²) >= 11 is 1.63. The number of ketones is 1. The minimum Gasteiger partial charge on any atom is -0.328 e. The minimum absolute atomic E-state index is 0.0660. The molecule has 1 atom stereocenters. The van der Waals surface area contributed by atoms with Crippen LogP contribution in [0.2, 0.25) is 0 Å². The van der Waals surface area contributed by atoms with Crippen LogP contribution in [-0.2, 0) is 10.5 Å². The molecule has 6 heteroatoms. The molecule has 0 bridgehead atoms. The largest absolute Gasteiger partial charge is 0.328 e. The minimum atomic E-state index is -0.247. The van der Waals surface area contributed by atoms with Crippen molar-refractivity contribution in [2.24, 2.45) is 5.41 Å². The number of aryl methyl sites for hydroxylation is 3. The molecule has 1 aliphatic carbocycles. The van der Waals surface area contributed by atoms with Crippen LogP contribution in [0.3, 0.4) is 0 Å². The Hall–Kier alpha value is -2.86. The van der Waals surface area contributed by atoms with Crippen LogP contribution in [-0.4, -0.2) is 20.5 Å². The number of hydrogen-bond donors (Lipinski definition) is 1. The van der Waals surface area contributed by atoms with Crippen LogP contribution in [0.4, 0.5) is 5.95 Å². The number of benzene rings is 2. The summed E-state index contributed by atoms with van der Waals surface area (Å²) < 4.78 is 1.91. The van der Waals surface area contributed by atoms with E-state index in [2.05, 4.69) is 82.4 Å². The average molecular weight is 459 g/mol. The van der Waals surface area contributed by atoms with E-state index in [1.807, 2.05) is 4.68 Å². The van der Waals surface area contributed by atoms with Gasteiger partial charge in [0.15, 0.2) is 5.78 Å². The molecule has 0 radical (unpaired) electrons. The lowest BCUT2D eigenvalue weighted by Crippen LogP contribution is -2.36. The molecule has 5 nitrogen and oxygen atoms in total. The summed E-state index contributed by atoms with van der Waals surface area (Å²) in [6, 6.07) is 14.7. The Morgan fingerprint density at radius 3 is 2.52 bits per heavy atom. The van der Waals surface area contributed by atoms with Gasteiger partial charge in [0.25, 0.3) is 0 Å². The third-order valence-electron chi connectivity index (χ3n) is 6.56. The maximum Gasteiger partial charge on any atom is 0.227 e. The van der Waals surface area contributed by atoms with Gasteiger partial charge < -0.3 is 5.32 Å². The first-order chi connectivity index (χ1) is 15.7. The monoisotopic (exact) mass is 458 g/mol. The van der Waals surface area contributed by atoms with Gasteiger partial charge in [0.1, 0.15) is 6.04 Å². The Labute approximate surface area is 199 Å². The predicted molar refractivity (Wildman–Crippen MR) is 133 cm³/mol. The zero-order chi connectivity index (χ0) is 23.3. The third-order valence-corrected chi connectivity index (χ3v) is 7.45. The van der Waals surface area contributed by atoms with Crippen molar-refractivity contribution in [3.63, 3.8) is 0 Å². The van der Waals surface area contributed by atoms with Crippen molar-refractivity contribution < 1.29 is 4.79 Å². The molecule has 1 N–H and O–H groups in total. The van der Waals surface area contributed by atoms with Crippen molar-refractivity contribution in [3.05, 3.63) is 81.6 Å². The lowest BCUT2D eigenvalue weighted by Gasteiger charge is -2.38. The second-order valence-corrected chi connectivity index (χ2v) is 11.1. The summed E-state index contributed by atoms with van der Waals surface area (Å²) in [6.45, 7) is 10.6. The highest BCUT2D eigenvalue weighted by molar-refractivity contribution is 7.98. The van der Waals surface area contributed by atoms with Crippen molar-refractivity contribution >= 4 is 23.5 Å². The number of aromatic nitrogens is 3. The molecule has 33 heavy (non-hydrogen) atoms. The molecule has 3 aromatic rings. The molecule has 0 amide bonds. The highest BCUT2D eigenvalue weighted by Crippen LogP contribution is 2.45. The second kappa shape index (κ2) is 8.17. The highest BCUT2D eigenvalue weighted by Gasteiger charge is 2.41. The number of rotatable bonds is 4. The molecule has 1 aromatic heterocycles. The summed E-state index contributed by atoms with van der Waals surface area (Å²) in [5.74, 6) is 1.72. The van der Waals surface area contributed by atoms with Crippen LogP contribution >= 0.6 is 11.8 Å². The Morgan fingerprint density at radius 2 is 1.79 bits per heavy atom. The van der Waals surface area contributed by atoms with Crippen molar-refractivity contribution in [3.8, 4) is 0 Å². The van der Waals surface area contributed by atoms with Crippen LogP contribution < -0.4 is 5.32 Å². The zero-order valence-electron chi connectivity index (χ0n) is 19.9. The maximum absolute atomic E-state index is 13.3. The van der Waals surface area contributed by atoms with Gasteiger partial charge in [-0.1, -0.05) is 79.2 Å². The van der Waals surface area contributed by atoms with Crippen LogP contribution in [0.5, 0.6) is 0 Å². The summed E-state index contributed by atoms with van der Waals surface area (Å²) in [5, 5.41) is 9.07. The van der Waals surface area contributed by atoms with Gasteiger partial charge in [0.2, 0.25) is 11.1 Å². The van der Waals surface area contributed by atoms with Gasteiger partial charge in [-0.3, -0.25) is 4.79 Å². The Balaban J connectivity index is 1.51. The number of nitrogens with zero attached hydrogens (tertiary/aromatic N) is 3. The number of thioether (sulfide) groups is 1. The SMILES string of the molecule is Cc1ccc(C2C3=C(CC(C)(C)CC3=O)Nc3nc(SCc4ccc(C)cc4C)nn32)cc1. The van der Waals surface area contributed by atoms with Crippen LogP contribution in [0, 0.1) is 26.2 Å². The van der Waals surface area contributed by atoms with E-state index in [9.17, 15) is 4.79 Å². The molecule has 0 spiro atoms. The topological polar surface area (TPSA) is 59.8 Å². The Morgan fingerprint density at radius 1 is 1.06 bits per heavy atom. The van der Waals surface area contributed by atoms with E-state index in [-0.39, 0.29) is 17.2 Å². The lowest BCUT2D eigenvalue weighted by molar-refractivity contribution is -0.118. The number of carbonyl (C=O) groups excluding carboxylic acids is 1. The lowest BCUT2D eigenvalue weighted by atomic mass is 9.73. The summed E-state index contributed by atoms with van der Waals surface area (Å²) in [5.41, 5.74) is 7.87. The van der Waals surface area contributed by atoms with E-state index in [0.29, 0.717) is 12.4 Å². The van der Waals surface area contributed by atoms with Gasteiger partial charge >= 0.3 is 0 Å². The van der Waals surface area contributed by atoms with Gasteiger partial charge in [-0.15, -0.1) is 5.10 Å². The van der Waals surface area contributed by atoms with Crippen molar-refractivity contribution in [1.29, 1.82) is 0 Å². The average Bonchev–Trinajstić information content (AvgIpc) is 3.14. The van der Waals surface area contributed by atoms with E-state index in [1.165, 1.54) is 22.3 Å². The smallest absolute Gasteiger partial charge is 0.227 e. The Bertz CT molecular complexity index is 1270. The van der Waals surface area contributed by atoms with E-state index >= 15 is 0 Å². The number of anilines is 1. The standard InChI is InChI=1S/C27H30N4OS/c1-16-6-9-19(10-7-16)24-23-21(13-27(4,5)14-22(23)32)28-25-29-26(30-31(24)25)33-15-20-11-8-17(2)12-18(20)3/h6-12,24H,13-15H2,1-5H3,(H,28,29,30). The van der Waals surface area contributed by atoms with E-state index in [1.54, 1.807) is 11.8 Å². The van der Waals surface area contributed by atoms with E-state index in [4.69, 9.17) is 10.1 Å². The summed E-state index contributed by atoms with van der Waals surface area (Å²) in [7, 11) is 0. The highest BCUT2D eigenvalue weighted by atomic mass is 32.2. The first-order valence-corrected chi connectivity index (χ1v) is 12.4.